The molecule has 1 aliphatic carbocycles. The van der Waals surface area contributed by atoms with E-state index in [0.717, 1.165) is 17.5 Å². The van der Waals surface area contributed by atoms with Crippen molar-refractivity contribution in [3.8, 4) is 0 Å². The van der Waals surface area contributed by atoms with Gasteiger partial charge in [-0.25, -0.2) is 0 Å². The van der Waals surface area contributed by atoms with Gasteiger partial charge in [0.2, 0.25) is 11.9 Å². The van der Waals surface area contributed by atoms with E-state index in [9.17, 15) is 0 Å². The second kappa shape index (κ2) is 7.51. The largest absolute Gasteiger partial charge is 0.368 e. The number of nitrogens with zero attached hydrogens (tertiary/aromatic N) is 7. The van der Waals surface area contributed by atoms with Crippen LogP contribution in [-0.2, 0) is 12.3 Å². The van der Waals surface area contributed by atoms with E-state index >= 15 is 0 Å². The van der Waals surface area contributed by atoms with Crippen LogP contribution in [0.25, 0.3) is 0 Å². The van der Waals surface area contributed by atoms with Gasteiger partial charge in [0.1, 0.15) is 11.6 Å². The summed E-state index contributed by atoms with van der Waals surface area (Å²) in [6, 6.07) is 10.4. The third-order valence-electron chi connectivity index (χ3n) is 4.29. The van der Waals surface area contributed by atoms with Crippen molar-refractivity contribution in [2.45, 2.75) is 36.2 Å². The molecular formula is C18H22N8S. The molecule has 27 heavy (non-hydrogen) atoms. The zero-order valence-electron chi connectivity index (χ0n) is 15.4. The number of benzene rings is 1. The van der Waals surface area contributed by atoms with Gasteiger partial charge >= 0.3 is 0 Å². The highest BCUT2D eigenvalue weighted by atomic mass is 32.2. The molecule has 0 aliphatic heterocycles. The minimum absolute atomic E-state index is 0.230. The molecule has 1 saturated carbocycles. The lowest BCUT2D eigenvalue weighted by atomic mass is 10.2. The first-order valence-corrected chi connectivity index (χ1v) is 9.86. The predicted molar refractivity (Wildman–Crippen MR) is 106 cm³/mol. The lowest BCUT2D eigenvalue weighted by Gasteiger charge is -2.12. The summed E-state index contributed by atoms with van der Waals surface area (Å²) in [6.07, 6.45) is 2.38. The van der Waals surface area contributed by atoms with Crippen LogP contribution in [0, 0.1) is 0 Å². The lowest BCUT2D eigenvalue weighted by Crippen LogP contribution is -2.16. The van der Waals surface area contributed by atoms with Crippen molar-refractivity contribution in [1.29, 1.82) is 0 Å². The number of aromatic nitrogens is 6. The third-order valence-corrected chi connectivity index (χ3v) is 5.25. The van der Waals surface area contributed by atoms with Crippen molar-refractivity contribution in [3.05, 3.63) is 47.5 Å². The summed E-state index contributed by atoms with van der Waals surface area (Å²) in [5.74, 6) is 3.59. The maximum absolute atomic E-state index is 5.82. The second-order valence-electron chi connectivity index (χ2n) is 6.78. The topological polar surface area (TPSA) is 98.6 Å². The molecule has 140 valence electrons. The minimum atomic E-state index is 0.230. The molecule has 0 bridgehead atoms. The molecule has 4 rings (SSSR count). The first-order valence-electron chi connectivity index (χ1n) is 8.87. The Balaban J connectivity index is 1.55. The van der Waals surface area contributed by atoms with Gasteiger partial charge in [-0.05, 0) is 18.4 Å². The SMILES string of the molecule is CN(C)c1nc(N)nc(CSc2nnc(C3CC3)n2Cc2ccccc2)n1. The summed E-state index contributed by atoms with van der Waals surface area (Å²) >= 11 is 1.58. The smallest absolute Gasteiger partial charge is 0.229 e. The van der Waals surface area contributed by atoms with Crippen LogP contribution in [0.3, 0.4) is 0 Å². The molecule has 0 spiro atoms. The molecule has 8 nitrogen and oxygen atoms in total. The van der Waals surface area contributed by atoms with Gasteiger partial charge in [-0.3, -0.25) is 0 Å². The number of nitrogen functional groups attached to an aromatic ring is 1. The van der Waals surface area contributed by atoms with Crippen LogP contribution in [0.4, 0.5) is 11.9 Å². The molecule has 1 aromatic carbocycles. The van der Waals surface area contributed by atoms with Crippen LogP contribution < -0.4 is 10.6 Å². The fraction of sp³-hybridized carbons (Fsp3) is 0.389. The molecule has 0 unspecified atom stereocenters. The maximum Gasteiger partial charge on any atom is 0.229 e. The van der Waals surface area contributed by atoms with Gasteiger partial charge in [0.15, 0.2) is 5.16 Å². The van der Waals surface area contributed by atoms with E-state index in [0.29, 0.717) is 23.4 Å². The van der Waals surface area contributed by atoms with Gasteiger partial charge in [-0.15, -0.1) is 10.2 Å². The first kappa shape index (κ1) is 17.7. The molecule has 1 fully saturated rings. The zero-order chi connectivity index (χ0) is 18.8. The van der Waals surface area contributed by atoms with Gasteiger partial charge in [0.25, 0.3) is 0 Å². The van der Waals surface area contributed by atoms with Gasteiger partial charge in [0.05, 0.1) is 12.3 Å². The van der Waals surface area contributed by atoms with Gasteiger partial charge in [-0.1, -0.05) is 42.1 Å². The van der Waals surface area contributed by atoms with E-state index in [1.165, 1.54) is 18.4 Å². The first-order chi connectivity index (χ1) is 13.1. The van der Waals surface area contributed by atoms with Crippen LogP contribution in [0.1, 0.15) is 36.0 Å². The molecule has 9 heteroatoms. The van der Waals surface area contributed by atoms with Crippen LogP contribution in [0.5, 0.6) is 0 Å². The Morgan fingerprint density at radius 1 is 1.11 bits per heavy atom. The fourth-order valence-electron chi connectivity index (χ4n) is 2.78. The average molecular weight is 382 g/mol. The van der Waals surface area contributed by atoms with E-state index in [-0.39, 0.29) is 5.95 Å². The maximum atomic E-state index is 5.82. The summed E-state index contributed by atoms with van der Waals surface area (Å²) in [5.41, 5.74) is 7.06. The van der Waals surface area contributed by atoms with Crippen LogP contribution in [0.2, 0.25) is 0 Å². The molecule has 0 saturated heterocycles. The highest BCUT2D eigenvalue weighted by molar-refractivity contribution is 7.98. The highest BCUT2D eigenvalue weighted by Gasteiger charge is 2.30. The van der Waals surface area contributed by atoms with Crippen molar-refractivity contribution in [2.75, 3.05) is 24.7 Å². The summed E-state index contributed by atoms with van der Waals surface area (Å²) < 4.78 is 2.22. The number of rotatable bonds is 7. The Kier molecular flexibility index (Phi) is 4.93. The molecule has 3 aromatic rings. The van der Waals surface area contributed by atoms with Crippen molar-refractivity contribution >= 4 is 23.7 Å². The molecule has 0 radical (unpaired) electrons. The van der Waals surface area contributed by atoms with E-state index in [1.54, 1.807) is 11.8 Å². The summed E-state index contributed by atoms with van der Waals surface area (Å²) in [6.45, 7) is 0.768. The quantitative estimate of drug-likeness (QED) is 0.622. The Morgan fingerprint density at radius 3 is 2.59 bits per heavy atom. The van der Waals surface area contributed by atoms with Crippen molar-refractivity contribution in [2.24, 2.45) is 0 Å². The fourth-order valence-corrected chi connectivity index (χ4v) is 3.58. The highest BCUT2D eigenvalue weighted by Crippen LogP contribution is 2.40. The van der Waals surface area contributed by atoms with E-state index in [4.69, 9.17) is 5.73 Å². The van der Waals surface area contributed by atoms with E-state index in [1.807, 2.05) is 25.1 Å². The molecule has 0 amide bonds. The number of hydrogen-bond donors (Lipinski definition) is 1. The van der Waals surface area contributed by atoms with Gasteiger partial charge < -0.3 is 15.2 Å². The minimum Gasteiger partial charge on any atom is -0.368 e. The molecular weight excluding hydrogens is 360 g/mol. The number of thioether (sulfide) groups is 1. The number of nitrogens with two attached hydrogens (primary N) is 1. The number of anilines is 2. The Bertz CT molecular complexity index is 920. The Morgan fingerprint density at radius 2 is 1.89 bits per heavy atom. The molecule has 0 atom stereocenters. The normalized spacial score (nSPS) is 13.7. The summed E-state index contributed by atoms with van der Waals surface area (Å²) in [7, 11) is 3.76. The average Bonchev–Trinajstić information content (AvgIpc) is 3.42. The second-order valence-corrected chi connectivity index (χ2v) is 7.72. The van der Waals surface area contributed by atoms with Gasteiger partial charge in [-0.2, -0.15) is 15.0 Å². The Hall–Kier alpha value is -2.68. The van der Waals surface area contributed by atoms with Crippen molar-refractivity contribution in [3.63, 3.8) is 0 Å². The lowest BCUT2D eigenvalue weighted by molar-refractivity contribution is 0.667. The standard InChI is InChI=1S/C18H22N8S/c1-25(2)17-21-14(20-16(19)22-17)11-27-18-24-23-15(13-8-9-13)26(18)10-12-6-4-3-5-7-12/h3-7,13H,8-11H2,1-2H3,(H2,19,20,21,22). The van der Waals surface area contributed by atoms with Crippen molar-refractivity contribution in [1.82, 2.24) is 29.7 Å². The number of hydrogen-bond acceptors (Lipinski definition) is 8. The molecule has 2 N–H and O–H groups in total. The molecule has 1 aliphatic rings. The van der Waals surface area contributed by atoms with Crippen LogP contribution >= 0.6 is 11.8 Å². The van der Waals surface area contributed by atoms with Crippen LogP contribution in [-0.4, -0.2) is 43.8 Å². The van der Waals surface area contributed by atoms with E-state index in [2.05, 4.69) is 54.0 Å². The van der Waals surface area contributed by atoms with Crippen molar-refractivity contribution < 1.29 is 0 Å². The van der Waals surface area contributed by atoms with Gasteiger partial charge in [0, 0.05) is 20.0 Å². The predicted octanol–water partition coefficient (Wildman–Crippen LogP) is 2.33. The van der Waals surface area contributed by atoms with E-state index < -0.39 is 0 Å². The van der Waals surface area contributed by atoms with Crippen LogP contribution in [0.15, 0.2) is 35.5 Å². The Labute approximate surface area is 162 Å². The molecule has 2 aromatic heterocycles. The third kappa shape index (κ3) is 4.19. The summed E-state index contributed by atoms with van der Waals surface area (Å²) in [4.78, 5) is 14.7. The monoisotopic (exact) mass is 382 g/mol. The summed E-state index contributed by atoms with van der Waals surface area (Å²) in [5, 5.41) is 9.77. The molecule has 2 heterocycles. The zero-order valence-corrected chi connectivity index (χ0v) is 16.2.